The lowest BCUT2D eigenvalue weighted by atomic mass is 9.89. The molecular weight excluding hydrogens is 319 g/mol. The Balaban J connectivity index is 1.61. The Labute approximate surface area is 146 Å². The van der Waals surface area contributed by atoms with Gasteiger partial charge in [0.05, 0.1) is 6.04 Å². The van der Waals surface area contributed by atoms with Crippen LogP contribution in [0, 0.1) is 5.82 Å². The number of hydrogen-bond donors (Lipinski definition) is 2. The molecule has 1 aliphatic carbocycles. The minimum absolute atomic E-state index is 0.265. The number of aryl methyl sites for hydroxylation is 2. The Bertz CT molecular complexity index is 787. The van der Waals surface area contributed by atoms with E-state index in [1.807, 2.05) is 13.0 Å². The van der Waals surface area contributed by atoms with Gasteiger partial charge in [0, 0.05) is 5.69 Å². The molecule has 4 nitrogen and oxygen atoms in total. The molecule has 1 atom stereocenters. The molecule has 0 saturated heterocycles. The summed E-state index contributed by atoms with van der Waals surface area (Å²) in [6.07, 6.45) is 4.59. The van der Waals surface area contributed by atoms with Gasteiger partial charge in [-0.15, -0.1) is 0 Å². The fraction of sp³-hybridized carbons (Fsp3) is 0.300. The van der Waals surface area contributed by atoms with Crippen molar-refractivity contribution in [1.29, 1.82) is 0 Å². The molecule has 130 valence electrons. The van der Waals surface area contributed by atoms with Crippen LogP contribution in [0.4, 0.5) is 10.1 Å². The normalized spacial score (nSPS) is 14.3. The van der Waals surface area contributed by atoms with Gasteiger partial charge in [-0.05, 0) is 73.6 Å². The van der Waals surface area contributed by atoms with Gasteiger partial charge in [-0.25, -0.2) is 4.39 Å². The smallest absolute Gasteiger partial charge is 0.313 e. The zero-order valence-corrected chi connectivity index (χ0v) is 14.1. The number of rotatable bonds is 3. The number of fused-ring (bicyclic) bond motifs is 1. The molecule has 0 heterocycles. The number of carbonyl (C=O) groups is 2. The number of anilines is 1. The molecule has 0 saturated carbocycles. The Morgan fingerprint density at radius 1 is 0.960 bits per heavy atom. The second kappa shape index (κ2) is 7.47. The molecule has 0 spiro atoms. The maximum Gasteiger partial charge on any atom is 0.313 e. The van der Waals surface area contributed by atoms with Crippen LogP contribution < -0.4 is 10.6 Å². The maximum absolute atomic E-state index is 12.9. The first-order valence-corrected chi connectivity index (χ1v) is 8.52. The van der Waals surface area contributed by atoms with Crippen molar-refractivity contribution in [3.8, 4) is 0 Å². The van der Waals surface area contributed by atoms with Crippen molar-refractivity contribution in [2.75, 3.05) is 5.32 Å². The Morgan fingerprint density at radius 3 is 2.36 bits per heavy atom. The first-order valence-electron chi connectivity index (χ1n) is 8.52. The summed E-state index contributed by atoms with van der Waals surface area (Å²) < 4.78 is 12.9. The highest BCUT2D eigenvalue weighted by molar-refractivity contribution is 6.39. The quantitative estimate of drug-likeness (QED) is 0.840. The zero-order valence-electron chi connectivity index (χ0n) is 14.1. The summed E-state index contributed by atoms with van der Waals surface area (Å²) in [5.74, 6) is -1.88. The first kappa shape index (κ1) is 17.1. The van der Waals surface area contributed by atoms with E-state index in [2.05, 4.69) is 22.8 Å². The molecular formula is C20H21FN2O2. The molecule has 0 radical (unpaired) electrons. The number of amides is 2. The van der Waals surface area contributed by atoms with Crippen LogP contribution in [-0.4, -0.2) is 11.8 Å². The monoisotopic (exact) mass is 340 g/mol. The number of halogens is 1. The van der Waals surface area contributed by atoms with E-state index in [1.54, 1.807) is 0 Å². The Kier molecular flexibility index (Phi) is 5.12. The van der Waals surface area contributed by atoms with Gasteiger partial charge >= 0.3 is 11.8 Å². The topological polar surface area (TPSA) is 58.2 Å². The maximum atomic E-state index is 12.9. The molecule has 2 amide bonds. The van der Waals surface area contributed by atoms with Crippen molar-refractivity contribution in [2.24, 2.45) is 0 Å². The van der Waals surface area contributed by atoms with Crippen molar-refractivity contribution in [2.45, 2.75) is 38.6 Å². The first-order chi connectivity index (χ1) is 12.0. The van der Waals surface area contributed by atoms with Crippen molar-refractivity contribution < 1.29 is 14.0 Å². The predicted octanol–water partition coefficient (Wildman–Crippen LogP) is 3.52. The summed E-state index contributed by atoms with van der Waals surface area (Å²) in [6, 6.07) is 11.3. The van der Waals surface area contributed by atoms with Crippen molar-refractivity contribution >= 4 is 17.5 Å². The molecule has 0 aliphatic heterocycles. The minimum atomic E-state index is -0.767. The molecule has 2 aromatic rings. The summed E-state index contributed by atoms with van der Waals surface area (Å²) in [4.78, 5) is 24.1. The van der Waals surface area contributed by atoms with Gasteiger partial charge < -0.3 is 10.6 Å². The summed E-state index contributed by atoms with van der Waals surface area (Å²) in [7, 11) is 0. The third kappa shape index (κ3) is 4.24. The fourth-order valence-electron chi connectivity index (χ4n) is 3.09. The van der Waals surface area contributed by atoms with Gasteiger partial charge in [-0.1, -0.05) is 18.2 Å². The van der Waals surface area contributed by atoms with E-state index >= 15 is 0 Å². The number of benzene rings is 2. The lowest BCUT2D eigenvalue weighted by Gasteiger charge is -2.20. The van der Waals surface area contributed by atoms with E-state index < -0.39 is 17.6 Å². The second-order valence-corrected chi connectivity index (χ2v) is 6.39. The standard InChI is InChI=1S/C20H21FN2O2/c1-13(15-7-6-14-4-2-3-5-16(14)12-15)22-19(24)20(25)23-18-10-8-17(21)9-11-18/h6-13H,2-5H2,1H3,(H,22,24)(H,23,25). The summed E-state index contributed by atoms with van der Waals surface area (Å²) in [6.45, 7) is 1.85. The van der Waals surface area contributed by atoms with Gasteiger partial charge in [-0.2, -0.15) is 0 Å². The molecule has 0 aromatic heterocycles. The largest absolute Gasteiger partial charge is 0.341 e. The average molecular weight is 340 g/mol. The van der Waals surface area contributed by atoms with Crippen molar-refractivity contribution in [3.05, 3.63) is 65.0 Å². The molecule has 1 unspecified atom stereocenters. The van der Waals surface area contributed by atoms with E-state index in [9.17, 15) is 14.0 Å². The van der Waals surface area contributed by atoms with Crippen LogP contribution in [0.25, 0.3) is 0 Å². The summed E-state index contributed by atoms with van der Waals surface area (Å²) in [5.41, 5.74) is 4.08. The third-order valence-corrected chi connectivity index (χ3v) is 4.53. The van der Waals surface area contributed by atoms with E-state index in [1.165, 1.54) is 48.2 Å². The van der Waals surface area contributed by atoms with Crippen LogP contribution in [0.5, 0.6) is 0 Å². The molecule has 1 aliphatic rings. The van der Waals surface area contributed by atoms with Crippen LogP contribution in [0.3, 0.4) is 0 Å². The molecule has 2 N–H and O–H groups in total. The second-order valence-electron chi connectivity index (χ2n) is 6.39. The fourth-order valence-corrected chi connectivity index (χ4v) is 3.09. The van der Waals surface area contributed by atoms with Crippen LogP contribution >= 0.6 is 0 Å². The molecule has 5 heteroatoms. The number of nitrogens with one attached hydrogen (secondary N) is 2. The van der Waals surface area contributed by atoms with Gasteiger partial charge in [0.15, 0.2) is 0 Å². The van der Waals surface area contributed by atoms with Gasteiger partial charge in [0.2, 0.25) is 0 Å². The molecule has 2 aromatic carbocycles. The highest BCUT2D eigenvalue weighted by Crippen LogP contribution is 2.24. The highest BCUT2D eigenvalue weighted by atomic mass is 19.1. The summed E-state index contributed by atoms with van der Waals surface area (Å²) in [5, 5.41) is 5.17. The molecule has 0 bridgehead atoms. The van der Waals surface area contributed by atoms with Crippen LogP contribution in [0.2, 0.25) is 0 Å². The highest BCUT2D eigenvalue weighted by Gasteiger charge is 2.18. The van der Waals surface area contributed by atoms with Gasteiger partial charge in [0.25, 0.3) is 0 Å². The van der Waals surface area contributed by atoms with Crippen molar-refractivity contribution in [1.82, 2.24) is 5.32 Å². The SMILES string of the molecule is CC(NC(=O)C(=O)Nc1ccc(F)cc1)c1ccc2c(c1)CCCC2. The number of hydrogen-bond acceptors (Lipinski definition) is 2. The average Bonchev–Trinajstić information content (AvgIpc) is 2.63. The Morgan fingerprint density at radius 2 is 1.64 bits per heavy atom. The zero-order chi connectivity index (χ0) is 17.8. The minimum Gasteiger partial charge on any atom is -0.341 e. The lowest BCUT2D eigenvalue weighted by molar-refractivity contribution is -0.136. The van der Waals surface area contributed by atoms with Crippen LogP contribution in [0.1, 0.15) is 42.5 Å². The van der Waals surface area contributed by atoms with E-state index in [0.717, 1.165) is 18.4 Å². The van der Waals surface area contributed by atoms with E-state index in [4.69, 9.17) is 0 Å². The summed E-state index contributed by atoms with van der Waals surface area (Å²) >= 11 is 0. The van der Waals surface area contributed by atoms with Crippen LogP contribution in [-0.2, 0) is 22.4 Å². The van der Waals surface area contributed by atoms with Gasteiger partial charge in [0.1, 0.15) is 5.82 Å². The van der Waals surface area contributed by atoms with Crippen molar-refractivity contribution in [3.63, 3.8) is 0 Å². The van der Waals surface area contributed by atoms with Gasteiger partial charge in [-0.3, -0.25) is 9.59 Å². The predicted molar refractivity (Wildman–Crippen MR) is 94.7 cm³/mol. The van der Waals surface area contributed by atoms with E-state index in [0.29, 0.717) is 5.69 Å². The number of carbonyl (C=O) groups excluding carboxylic acids is 2. The van der Waals surface area contributed by atoms with E-state index in [-0.39, 0.29) is 6.04 Å². The molecule has 0 fully saturated rings. The van der Waals surface area contributed by atoms with Crippen LogP contribution in [0.15, 0.2) is 42.5 Å². The lowest BCUT2D eigenvalue weighted by Crippen LogP contribution is -2.37. The third-order valence-electron chi connectivity index (χ3n) is 4.53. The Hall–Kier alpha value is -2.69. The molecule has 25 heavy (non-hydrogen) atoms. The molecule has 3 rings (SSSR count).